The molecule has 0 aromatic heterocycles. The molecule has 80 valence electrons. The van der Waals surface area contributed by atoms with Crippen molar-refractivity contribution in [3.05, 3.63) is 36.5 Å². The van der Waals surface area contributed by atoms with Gasteiger partial charge in [0.1, 0.15) is 0 Å². The second-order valence-corrected chi connectivity index (χ2v) is 4.13. The van der Waals surface area contributed by atoms with Gasteiger partial charge in [0.15, 0.2) is 0 Å². The maximum Gasteiger partial charge on any atom is 0.415 e. The lowest BCUT2D eigenvalue weighted by molar-refractivity contribution is -0.0878. The first-order valence-corrected chi connectivity index (χ1v) is 4.18. The molecule has 3 heteroatoms. The van der Waals surface area contributed by atoms with Crippen LogP contribution in [0.5, 0.6) is 0 Å². The summed E-state index contributed by atoms with van der Waals surface area (Å²) < 4.78 is 36.0. The Bertz CT molecular complexity index is 233. The van der Waals surface area contributed by atoms with E-state index in [1.54, 1.807) is 0 Å². The van der Waals surface area contributed by atoms with Crippen molar-refractivity contribution in [2.75, 3.05) is 0 Å². The minimum absolute atomic E-state index is 0.220. The van der Waals surface area contributed by atoms with E-state index in [1.807, 2.05) is 20.8 Å². The Balaban J connectivity index is 4.49. The standard InChI is InChI=1S/C11H15F3/c1-8(10(3,4)5)6-7-9(2)11(12,13)14/h6-7H,1-2H2,3-5H3/b7-6-. The van der Waals surface area contributed by atoms with Crippen LogP contribution in [0.15, 0.2) is 36.5 Å². The summed E-state index contributed by atoms with van der Waals surface area (Å²) in [6.45, 7) is 12.3. The Hall–Kier alpha value is -0.990. The molecule has 0 fully saturated rings. The lowest BCUT2D eigenvalue weighted by Crippen LogP contribution is -2.10. The third-order valence-corrected chi connectivity index (χ3v) is 1.81. The Morgan fingerprint density at radius 1 is 0.929 bits per heavy atom. The first-order valence-electron chi connectivity index (χ1n) is 4.18. The first kappa shape index (κ1) is 13.0. The van der Waals surface area contributed by atoms with E-state index in [9.17, 15) is 13.2 Å². The zero-order chi connectivity index (χ0) is 11.6. The molecule has 0 aliphatic rings. The first-order chi connectivity index (χ1) is 6.05. The van der Waals surface area contributed by atoms with Crippen LogP contribution < -0.4 is 0 Å². The zero-order valence-corrected chi connectivity index (χ0v) is 8.70. The van der Waals surface area contributed by atoms with Crippen molar-refractivity contribution in [3.63, 3.8) is 0 Å². The Labute approximate surface area is 82.8 Å². The van der Waals surface area contributed by atoms with E-state index < -0.39 is 11.7 Å². The number of alkyl halides is 3. The van der Waals surface area contributed by atoms with Gasteiger partial charge < -0.3 is 0 Å². The molecule has 0 aliphatic heterocycles. The van der Waals surface area contributed by atoms with Gasteiger partial charge in [0.2, 0.25) is 0 Å². The van der Waals surface area contributed by atoms with E-state index in [-0.39, 0.29) is 5.41 Å². The lowest BCUT2D eigenvalue weighted by Gasteiger charge is -2.18. The van der Waals surface area contributed by atoms with Gasteiger partial charge in [-0.05, 0) is 11.0 Å². The molecule has 0 saturated carbocycles. The van der Waals surface area contributed by atoms with Crippen LogP contribution in [0.2, 0.25) is 0 Å². The summed E-state index contributed by atoms with van der Waals surface area (Å²) in [6.07, 6.45) is -2.04. The number of halogens is 3. The van der Waals surface area contributed by atoms with Crippen molar-refractivity contribution in [1.82, 2.24) is 0 Å². The molecule has 0 aromatic rings. The van der Waals surface area contributed by atoms with Crippen LogP contribution in [0, 0.1) is 5.41 Å². The maximum atomic E-state index is 12.0. The lowest BCUT2D eigenvalue weighted by atomic mass is 9.87. The fourth-order valence-electron chi connectivity index (χ4n) is 0.546. The van der Waals surface area contributed by atoms with Gasteiger partial charge in [0.25, 0.3) is 0 Å². The van der Waals surface area contributed by atoms with Crippen molar-refractivity contribution in [2.24, 2.45) is 5.41 Å². The molecule has 0 aromatic carbocycles. The minimum atomic E-state index is -4.35. The van der Waals surface area contributed by atoms with Crippen molar-refractivity contribution in [1.29, 1.82) is 0 Å². The molecule has 14 heavy (non-hydrogen) atoms. The van der Waals surface area contributed by atoms with Gasteiger partial charge >= 0.3 is 6.18 Å². The number of hydrogen-bond donors (Lipinski definition) is 0. The molecule has 0 heterocycles. The van der Waals surface area contributed by atoms with Crippen molar-refractivity contribution in [3.8, 4) is 0 Å². The summed E-state index contributed by atoms with van der Waals surface area (Å²) >= 11 is 0. The highest BCUT2D eigenvalue weighted by Gasteiger charge is 2.29. The quantitative estimate of drug-likeness (QED) is 0.589. The predicted molar refractivity (Wildman–Crippen MR) is 52.9 cm³/mol. The van der Waals surface area contributed by atoms with E-state index in [0.29, 0.717) is 5.57 Å². The fourth-order valence-corrected chi connectivity index (χ4v) is 0.546. The molecule has 0 unspecified atom stereocenters. The van der Waals surface area contributed by atoms with Crippen molar-refractivity contribution >= 4 is 0 Å². The Morgan fingerprint density at radius 2 is 1.29 bits per heavy atom. The third kappa shape index (κ3) is 4.30. The summed E-state index contributed by atoms with van der Waals surface area (Å²) in [5.41, 5.74) is -0.437. The average Bonchev–Trinajstić information content (AvgIpc) is 1.95. The van der Waals surface area contributed by atoms with E-state index in [1.165, 1.54) is 6.08 Å². The molecule has 0 spiro atoms. The van der Waals surface area contributed by atoms with Gasteiger partial charge in [0, 0.05) is 5.57 Å². The minimum Gasteiger partial charge on any atom is -0.166 e. The molecule has 0 rings (SSSR count). The normalized spacial score (nSPS) is 13.3. The molecule has 0 amide bonds. The highest BCUT2D eigenvalue weighted by molar-refractivity contribution is 5.29. The summed E-state index contributed by atoms with van der Waals surface area (Å²) in [4.78, 5) is 0. The zero-order valence-electron chi connectivity index (χ0n) is 8.70. The van der Waals surface area contributed by atoms with Gasteiger partial charge in [-0.2, -0.15) is 13.2 Å². The molecule has 0 aliphatic carbocycles. The fraction of sp³-hybridized carbons (Fsp3) is 0.455. The maximum absolute atomic E-state index is 12.0. The van der Waals surface area contributed by atoms with Crippen molar-refractivity contribution in [2.45, 2.75) is 26.9 Å². The Morgan fingerprint density at radius 3 is 1.57 bits per heavy atom. The van der Waals surface area contributed by atoms with Gasteiger partial charge in [0.05, 0.1) is 0 Å². The molecule has 0 bridgehead atoms. The Kier molecular flexibility index (Phi) is 3.74. The summed E-state index contributed by atoms with van der Waals surface area (Å²) in [5.74, 6) is 0. The molecule has 0 saturated heterocycles. The van der Waals surface area contributed by atoms with Gasteiger partial charge in [-0.1, -0.05) is 46.1 Å². The molecular formula is C11H15F3. The van der Waals surface area contributed by atoms with E-state index >= 15 is 0 Å². The van der Waals surface area contributed by atoms with E-state index in [2.05, 4.69) is 13.2 Å². The van der Waals surface area contributed by atoms with Crippen molar-refractivity contribution < 1.29 is 13.2 Å². The highest BCUT2D eigenvalue weighted by atomic mass is 19.4. The van der Waals surface area contributed by atoms with Crippen LogP contribution in [-0.2, 0) is 0 Å². The van der Waals surface area contributed by atoms with E-state index in [0.717, 1.165) is 6.08 Å². The molecule has 0 radical (unpaired) electrons. The second kappa shape index (κ2) is 4.03. The predicted octanol–water partition coefficient (Wildman–Crippen LogP) is 4.26. The molecule has 0 atom stereocenters. The van der Waals surface area contributed by atoms with Gasteiger partial charge in [-0.15, -0.1) is 0 Å². The average molecular weight is 204 g/mol. The largest absolute Gasteiger partial charge is 0.415 e. The molecule has 0 N–H and O–H groups in total. The highest BCUT2D eigenvalue weighted by Crippen LogP contribution is 2.28. The van der Waals surface area contributed by atoms with Crippen LogP contribution >= 0.6 is 0 Å². The SMILES string of the molecule is C=C(/C=C\C(=C)C(F)(F)F)C(C)(C)C. The summed E-state index contributed by atoms with van der Waals surface area (Å²) in [5, 5.41) is 0. The number of allylic oxidation sites excluding steroid dienone is 4. The second-order valence-electron chi connectivity index (χ2n) is 4.13. The topological polar surface area (TPSA) is 0 Å². The van der Waals surface area contributed by atoms with Gasteiger partial charge in [-0.25, -0.2) is 0 Å². The van der Waals surface area contributed by atoms with Crippen LogP contribution in [0.3, 0.4) is 0 Å². The number of rotatable bonds is 2. The molecular weight excluding hydrogens is 189 g/mol. The van der Waals surface area contributed by atoms with Crippen LogP contribution in [0.1, 0.15) is 20.8 Å². The summed E-state index contributed by atoms with van der Waals surface area (Å²) in [6, 6.07) is 0. The molecule has 0 nitrogen and oxygen atoms in total. The van der Waals surface area contributed by atoms with Crippen LogP contribution in [0.25, 0.3) is 0 Å². The summed E-state index contributed by atoms with van der Waals surface area (Å²) in [7, 11) is 0. The van der Waals surface area contributed by atoms with Crippen LogP contribution in [0.4, 0.5) is 13.2 Å². The van der Waals surface area contributed by atoms with E-state index in [4.69, 9.17) is 0 Å². The smallest absolute Gasteiger partial charge is 0.166 e. The third-order valence-electron chi connectivity index (χ3n) is 1.81. The monoisotopic (exact) mass is 204 g/mol. The van der Waals surface area contributed by atoms with Crippen LogP contribution in [-0.4, -0.2) is 6.18 Å². The van der Waals surface area contributed by atoms with Gasteiger partial charge in [-0.3, -0.25) is 0 Å². The number of hydrogen-bond acceptors (Lipinski definition) is 0.